The van der Waals surface area contributed by atoms with Gasteiger partial charge in [-0.25, -0.2) is 72.9 Å². The van der Waals surface area contributed by atoms with Gasteiger partial charge in [-0.05, 0) is 206 Å². The highest BCUT2D eigenvalue weighted by Gasteiger charge is 2.53. The van der Waals surface area contributed by atoms with Crippen LogP contribution in [0.5, 0.6) is 0 Å². The van der Waals surface area contributed by atoms with Crippen LogP contribution in [0.4, 0.5) is 68.8 Å². The Balaban J connectivity index is 0.000000215. The van der Waals surface area contributed by atoms with E-state index in [0.717, 1.165) is 109 Å². The SMILES string of the molecule is CC(=O)N1C(=O)OC(C)(C)C1c1ccc(F)c(F)c1.CC(=O)Nc1cccc(C2CCN(CCCNC(=O)N3C(=O)OC(C)(C)C3c3ccc(F)c(F)c3)CC2)c1.CC(C)(O)C(N)c1ccc(F)c(F)c1.CC1(C)OC(=O)NC1c1ccc(F)c(F)c1.COC(=O)C(N)c1ccc(F)c(F)c1. The molecule has 20 nitrogen and oxygen atoms in total. The highest BCUT2D eigenvalue weighted by molar-refractivity contribution is 5.94. The number of imide groups is 2. The normalized spacial score (nSPS) is 18.7. The van der Waals surface area contributed by atoms with E-state index < -0.39 is 147 Å². The lowest BCUT2D eigenvalue weighted by Crippen LogP contribution is -2.44. The maximum atomic E-state index is 13.9. The molecule has 0 saturated carbocycles. The number of methoxy groups -OCH3 is 1. The van der Waals surface area contributed by atoms with Gasteiger partial charge in [-0.3, -0.25) is 14.4 Å². The average Bonchev–Trinajstić information content (AvgIpc) is 1.63. The molecular formula is C71H80F10N8O12. The third kappa shape index (κ3) is 21.0. The number of alkyl carbamates (subject to hydrolysis) is 1. The zero-order chi connectivity index (χ0) is 75.4. The highest BCUT2D eigenvalue weighted by atomic mass is 19.2. The summed E-state index contributed by atoms with van der Waals surface area (Å²) in [7, 11) is 1.17. The van der Waals surface area contributed by atoms with Gasteiger partial charge in [0.1, 0.15) is 34.9 Å². The Labute approximate surface area is 576 Å². The van der Waals surface area contributed by atoms with Gasteiger partial charge in [0.05, 0.1) is 24.8 Å². The Morgan fingerprint density at radius 3 is 1.49 bits per heavy atom. The minimum absolute atomic E-state index is 0.0886. The molecule has 5 unspecified atom stereocenters. The van der Waals surface area contributed by atoms with Crippen LogP contribution in [0.15, 0.2) is 115 Å². The summed E-state index contributed by atoms with van der Waals surface area (Å²) in [6.45, 7) is 18.6. The molecule has 546 valence electrons. The number of likely N-dealkylation sites (tertiary alicyclic amines) is 1. The molecule has 4 aliphatic rings. The Kier molecular flexibility index (Phi) is 26.8. The van der Waals surface area contributed by atoms with E-state index >= 15 is 0 Å². The van der Waals surface area contributed by atoms with E-state index in [1.165, 1.54) is 70.7 Å². The van der Waals surface area contributed by atoms with Gasteiger partial charge in [0.2, 0.25) is 11.8 Å². The Hall–Kier alpha value is -9.65. The van der Waals surface area contributed by atoms with Crippen molar-refractivity contribution in [2.75, 3.05) is 38.6 Å². The second-order valence-electron chi connectivity index (χ2n) is 26.1. The van der Waals surface area contributed by atoms with Crippen molar-refractivity contribution in [1.82, 2.24) is 25.3 Å². The van der Waals surface area contributed by atoms with Crippen molar-refractivity contribution >= 4 is 47.8 Å². The second kappa shape index (κ2) is 33.7. The summed E-state index contributed by atoms with van der Waals surface area (Å²) in [4.78, 5) is 86.2. The molecular weight excluding hydrogens is 1350 g/mol. The quantitative estimate of drug-likeness (QED) is 0.0271. The van der Waals surface area contributed by atoms with Gasteiger partial charge in [-0.2, -0.15) is 0 Å². The number of halogens is 10. The van der Waals surface area contributed by atoms with Crippen molar-refractivity contribution in [2.45, 2.75) is 147 Å². The van der Waals surface area contributed by atoms with Crippen LogP contribution in [0.25, 0.3) is 0 Å². The third-order valence-corrected chi connectivity index (χ3v) is 16.6. The van der Waals surface area contributed by atoms with Crippen LogP contribution in [0.3, 0.4) is 0 Å². The number of piperidine rings is 1. The van der Waals surface area contributed by atoms with E-state index in [2.05, 4.69) is 31.7 Å². The number of nitrogens with two attached hydrogens (primary N) is 2. The van der Waals surface area contributed by atoms with Crippen LogP contribution in [0.1, 0.15) is 158 Å². The number of nitrogens with zero attached hydrogens (tertiary/aromatic N) is 3. The molecule has 8 N–H and O–H groups in total. The second-order valence-corrected chi connectivity index (χ2v) is 26.1. The van der Waals surface area contributed by atoms with Gasteiger partial charge in [-0.1, -0.05) is 42.5 Å². The fourth-order valence-corrected chi connectivity index (χ4v) is 11.5. The summed E-state index contributed by atoms with van der Waals surface area (Å²) in [5.74, 6) is -10.7. The van der Waals surface area contributed by atoms with Crippen molar-refractivity contribution < 1.29 is 102 Å². The Bertz CT molecular complexity index is 4000. The van der Waals surface area contributed by atoms with Crippen LogP contribution < -0.4 is 27.4 Å². The van der Waals surface area contributed by atoms with Crippen molar-refractivity contribution in [1.29, 1.82) is 0 Å². The molecule has 0 aromatic heterocycles. The summed E-state index contributed by atoms with van der Waals surface area (Å²) >= 11 is 0. The van der Waals surface area contributed by atoms with Gasteiger partial charge < -0.3 is 56.4 Å². The van der Waals surface area contributed by atoms with E-state index in [4.69, 9.17) is 25.7 Å². The van der Waals surface area contributed by atoms with Crippen LogP contribution >= 0.6 is 0 Å². The van der Waals surface area contributed by atoms with Gasteiger partial charge >= 0.3 is 30.3 Å². The predicted molar refractivity (Wildman–Crippen MR) is 349 cm³/mol. The molecule has 4 aliphatic heterocycles. The van der Waals surface area contributed by atoms with Crippen LogP contribution in [0.2, 0.25) is 0 Å². The van der Waals surface area contributed by atoms with E-state index in [-0.39, 0.29) is 17.0 Å². The number of nitrogens with one attached hydrogen (secondary N) is 3. The molecule has 0 bridgehead atoms. The molecule has 0 aliphatic carbocycles. The van der Waals surface area contributed by atoms with Crippen molar-refractivity contribution in [3.8, 4) is 0 Å². The standard InChI is InChI=1S/C28H34F2N4O4.C13H13F2NO3.C11H11F2NO2.C10H13F2NO.C9H9F2NO2/c1-18(35)32-22-7-4-6-20(16-22)19-10-14-33(15-11-19)13-5-12-31-26(36)34-25(28(2,3)38-27(34)37)21-8-9-23(29)24(30)17-21;1-7(17)16-11(13(2,3)19-12(16)18)8-4-5-9(14)10(15)6-8;1-11(2)9(14-10(15)16-11)6-3-4-7(12)8(13)5-6;1-10(2,14)9(13)6-3-4-7(11)8(12)5-6;1-14-9(13)8(12)5-2-3-6(10)7(11)4-5/h4,6-9,16-17,19,25H,5,10-15H2,1-3H3,(H,31,36)(H,32,35);4-6,11H,1-3H3;3-5,9H,1-2H3,(H,14,15);3-5,9,14H,13H2,1-2H3;2-4,8H,12H2,1H3. The molecule has 5 atom stereocenters. The number of benzene rings is 6. The first-order valence-corrected chi connectivity index (χ1v) is 31.6. The summed E-state index contributed by atoms with van der Waals surface area (Å²) in [6, 6.07) is 19.9. The maximum absolute atomic E-state index is 13.9. The monoisotopic (exact) mass is 1430 g/mol. The number of urea groups is 1. The van der Waals surface area contributed by atoms with Crippen LogP contribution in [-0.2, 0) is 33.3 Å². The highest BCUT2D eigenvalue weighted by Crippen LogP contribution is 2.43. The lowest BCUT2D eigenvalue weighted by molar-refractivity contribution is -0.142. The Morgan fingerprint density at radius 1 is 0.594 bits per heavy atom. The number of rotatable bonds is 13. The number of hydrogen-bond acceptors (Lipinski definition) is 15. The van der Waals surface area contributed by atoms with Crippen LogP contribution in [-0.4, -0.2) is 118 Å². The van der Waals surface area contributed by atoms with Crippen molar-refractivity contribution in [3.05, 3.63) is 207 Å². The van der Waals surface area contributed by atoms with Crippen LogP contribution in [0, 0.1) is 58.2 Å². The number of anilines is 1. The molecule has 0 spiro atoms. The van der Waals surface area contributed by atoms with E-state index in [1.807, 2.05) is 18.2 Å². The minimum atomic E-state index is -1.16. The number of carbonyl (C=O) groups is 7. The molecule has 7 amide bonds. The number of amides is 7. The number of hydrogen-bond donors (Lipinski definition) is 6. The fraction of sp³-hybridized carbons (Fsp3) is 0.394. The minimum Gasteiger partial charge on any atom is -0.468 e. The summed E-state index contributed by atoms with van der Waals surface area (Å²) < 4.78 is 150. The summed E-state index contributed by atoms with van der Waals surface area (Å²) in [5.41, 5.74) is 10.7. The number of cyclic esters (lactones) is 3. The van der Waals surface area contributed by atoms with Gasteiger partial charge in [0, 0.05) is 26.1 Å². The maximum Gasteiger partial charge on any atom is 0.419 e. The molecule has 0 radical (unpaired) electrons. The molecule has 30 heteroatoms. The fourth-order valence-electron chi connectivity index (χ4n) is 11.5. The van der Waals surface area contributed by atoms with Gasteiger partial charge in [0.15, 0.2) is 58.2 Å². The zero-order valence-corrected chi connectivity index (χ0v) is 57.1. The van der Waals surface area contributed by atoms with E-state index in [1.54, 1.807) is 41.5 Å². The van der Waals surface area contributed by atoms with Gasteiger partial charge in [-0.15, -0.1) is 0 Å². The van der Waals surface area contributed by atoms with Crippen molar-refractivity contribution in [3.63, 3.8) is 0 Å². The largest absolute Gasteiger partial charge is 0.468 e. The van der Waals surface area contributed by atoms with Gasteiger partial charge in [0.25, 0.3) is 0 Å². The molecule has 4 heterocycles. The first kappa shape index (κ1) is 80.3. The van der Waals surface area contributed by atoms with E-state index in [9.17, 15) is 82.6 Å². The molecule has 101 heavy (non-hydrogen) atoms. The topological polar surface area (TPSA) is 274 Å². The first-order chi connectivity index (χ1) is 47.1. The summed E-state index contributed by atoms with van der Waals surface area (Å²) in [5, 5.41) is 17.7. The number of carbonyl (C=O) groups excluding carboxylic acids is 7. The molecule has 4 saturated heterocycles. The zero-order valence-electron chi connectivity index (χ0n) is 57.1. The number of aliphatic hydroxyl groups is 1. The third-order valence-electron chi connectivity index (χ3n) is 16.6. The first-order valence-electron chi connectivity index (χ1n) is 31.6. The van der Waals surface area contributed by atoms with E-state index in [0.29, 0.717) is 35.6 Å². The average molecular weight is 1430 g/mol. The number of ether oxygens (including phenoxy) is 4. The number of esters is 1. The molecule has 10 rings (SSSR count). The molecule has 4 fully saturated rings. The van der Waals surface area contributed by atoms with Crippen molar-refractivity contribution in [2.24, 2.45) is 11.5 Å². The predicted octanol–water partition coefficient (Wildman–Crippen LogP) is 13.4. The summed E-state index contributed by atoms with van der Waals surface area (Å²) in [6.07, 6.45) is 0.524. The molecule has 6 aromatic carbocycles. The smallest absolute Gasteiger partial charge is 0.419 e. The lowest BCUT2D eigenvalue weighted by Gasteiger charge is -2.32. The Morgan fingerprint density at radius 2 is 1.04 bits per heavy atom. The molecule has 6 aromatic rings. The lowest BCUT2D eigenvalue weighted by atomic mass is 9.89.